The Labute approximate surface area is 100 Å². The molecule has 1 saturated heterocycles. The zero-order chi connectivity index (χ0) is 11.6. The SMILES string of the molecule is CCCOCCCCCN1CCC(N)CC1. The minimum atomic E-state index is 0.457. The van der Waals surface area contributed by atoms with Gasteiger partial charge in [-0.2, -0.15) is 0 Å². The summed E-state index contributed by atoms with van der Waals surface area (Å²) < 4.78 is 5.46. The molecule has 0 spiro atoms. The van der Waals surface area contributed by atoms with Gasteiger partial charge in [-0.15, -0.1) is 0 Å². The number of nitrogens with two attached hydrogens (primary N) is 1. The van der Waals surface area contributed by atoms with Crippen molar-refractivity contribution in [1.82, 2.24) is 4.90 Å². The zero-order valence-electron chi connectivity index (χ0n) is 10.8. The molecule has 1 heterocycles. The van der Waals surface area contributed by atoms with E-state index >= 15 is 0 Å². The summed E-state index contributed by atoms with van der Waals surface area (Å²) in [4.78, 5) is 2.55. The largest absolute Gasteiger partial charge is 0.381 e. The normalized spacial score (nSPS) is 19.1. The Morgan fingerprint density at radius 3 is 2.56 bits per heavy atom. The van der Waals surface area contributed by atoms with E-state index in [1.54, 1.807) is 0 Å². The first-order valence-electron chi connectivity index (χ1n) is 6.88. The molecule has 0 saturated carbocycles. The third kappa shape index (κ3) is 6.46. The zero-order valence-corrected chi connectivity index (χ0v) is 10.8. The number of likely N-dealkylation sites (tertiary alicyclic amines) is 1. The highest BCUT2D eigenvalue weighted by atomic mass is 16.5. The molecule has 3 heteroatoms. The van der Waals surface area contributed by atoms with Gasteiger partial charge in [0, 0.05) is 19.3 Å². The second-order valence-corrected chi connectivity index (χ2v) is 4.85. The highest BCUT2D eigenvalue weighted by Crippen LogP contribution is 2.09. The summed E-state index contributed by atoms with van der Waals surface area (Å²) in [5.41, 5.74) is 5.88. The highest BCUT2D eigenvalue weighted by Gasteiger charge is 2.14. The van der Waals surface area contributed by atoms with E-state index in [2.05, 4.69) is 11.8 Å². The van der Waals surface area contributed by atoms with Gasteiger partial charge in [0.2, 0.25) is 0 Å². The third-order valence-electron chi connectivity index (χ3n) is 3.24. The predicted molar refractivity (Wildman–Crippen MR) is 68.6 cm³/mol. The quantitative estimate of drug-likeness (QED) is 0.646. The summed E-state index contributed by atoms with van der Waals surface area (Å²) in [6.07, 6.45) is 7.32. The minimum absolute atomic E-state index is 0.457. The first-order chi connectivity index (χ1) is 7.83. The number of unbranched alkanes of at least 4 members (excludes halogenated alkanes) is 2. The molecule has 2 N–H and O–H groups in total. The van der Waals surface area contributed by atoms with Crippen molar-refractivity contribution in [2.24, 2.45) is 5.73 Å². The summed E-state index contributed by atoms with van der Waals surface area (Å²) in [7, 11) is 0. The van der Waals surface area contributed by atoms with Crippen molar-refractivity contribution in [2.75, 3.05) is 32.8 Å². The van der Waals surface area contributed by atoms with Crippen LogP contribution in [0, 0.1) is 0 Å². The van der Waals surface area contributed by atoms with Gasteiger partial charge in [-0.3, -0.25) is 0 Å². The average molecular weight is 228 g/mol. The van der Waals surface area contributed by atoms with Crippen LogP contribution in [0.5, 0.6) is 0 Å². The Kier molecular flexibility index (Phi) is 7.81. The van der Waals surface area contributed by atoms with E-state index in [0.29, 0.717) is 6.04 Å². The standard InChI is InChI=1S/C13H28N2O/c1-2-11-16-12-5-3-4-8-15-9-6-13(14)7-10-15/h13H,2-12,14H2,1H3. The van der Waals surface area contributed by atoms with Gasteiger partial charge in [-0.05, 0) is 58.2 Å². The van der Waals surface area contributed by atoms with Crippen LogP contribution < -0.4 is 5.73 Å². The molecule has 1 aliphatic heterocycles. The van der Waals surface area contributed by atoms with Crippen molar-refractivity contribution in [2.45, 2.75) is 51.5 Å². The van der Waals surface area contributed by atoms with Crippen LogP contribution in [0.1, 0.15) is 45.4 Å². The van der Waals surface area contributed by atoms with Crippen molar-refractivity contribution in [3.05, 3.63) is 0 Å². The Morgan fingerprint density at radius 1 is 1.12 bits per heavy atom. The Morgan fingerprint density at radius 2 is 1.88 bits per heavy atom. The number of piperidine rings is 1. The molecule has 0 bridgehead atoms. The fraction of sp³-hybridized carbons (Fsp3) is 1.00. The summed E-state index contributed by atoms with van der Waals surface area (Å²) in [6.45, 7) is 7.67. The lowest BCUT2D eigenvalue weighted by Gasteiger charge is -2.29. The van der Waals surface area contributed by atoms with Gasteiger partial charge in [0.25, 0.3) is 0 Å². The summed E-state index contributed by atoms with van der Waals surface area (Å²) in [5.74, 6) is 0. The van der Waals surface area contributed by atoms with Gasteiger partial charge in [-0.25, -0.2) is 0 Å². The number of hydrogen-bond acceptors (Lipinski definition) is 3. The molecule has 16 heavy (non-hydrogen) atoms. The maximum absolute atomic E-state index is 5.88. The molecule has 1 rings (SSSR count). The van der Waals surface area contributed by atoms with Crippen molar-refractivity contribution in [1.29, 1.82) is 0 Å². The van der Waals surface area contributed by atoms with Crippen molar-refractivity contribution < 1.29 is 4.74 Å². The number of ether oxygens (including phenoxy) is 1. The molecule has 0 amide bonds. The maximum Gasteiger partial charge on any atom is 0.0466 e. The molecule has 0 aliphatic carbocycles. The Hall–Kier alpha value is -0.120. The van der Waals surface area contributed by atoms with Gasteiger partial charge in [0.05, 0.1) is 0 Å². The third-order valence-corrected chi connectivity index (χ3v) is 3.24. The predicted octanol–water partition coefficient (Wildman–Crippen LogP) is 2.01. The van der Waals surface area contributed by atoms with E-state index in [1.807, 2.05) is 0 Å². The smallest absolute Gasteiger partial charge is 0.0466 e. The maximum atomic E-state index is 5.88. The fourth-order valence-electron chi connectivity index (χ4n) is 2.14. The van der Waals surface area contributed by atoms with Crippen LogP contribution in [0.25, 0.3) is 0 Å². The van der Waals surface area contributed by atoms with Gasteiger partial charge in [0.15, 0.2) is 0 Å². The molecule has 0 aromatic rings. The number of nitrogens with zero attached hydrogens (tertiary/aromatic N) is 1. The lowest BCUT2D eigenvalue weighted by atomic mass is 10.1. The topological polar surface area (TPSA) is 38.5 Å². The highest BCUT2D eigenvalue weighted by molar-refractivity contribution is 4.73. The molecule has 0 aromatic carbocycles. The van der Waals surface area contributed by atoms with E-state index in [-0.39, 0.29) is 0 Å². The lowest BCUT2D eigenvalue weighted by molar-refractivity contribution is 0.129. The second-order valence-electron chi connectivity index (χ2n) is 4.85. The van der Waals surface area contributed by atoms with Gasteiger partial charge in [-0.1, -0.05) is 6.92 Å². The first-order valence-corrected chi connectivity index (χ1v) is 6.88. The summed E-state index contributed by atoms with van der Waals surface area (Å²) in [6, 6.07) is 0.457. The molecule has 1 fully saturated rings. The fourth-order valence-corrected chi connectivity index (χ4v) is 2.14. The van der Waals surface area contributed by atoms with Crippen LogP contribution in [0.2, 0.25) is 0 Å². The molecule has 0 atom stereocenters. The van der Waals surface area contributed by atoms with Crippen LogP contribution in [0.15, 0.2) is 0 Å². The molecular formula is C13H28N2O. The van der Waals surface area contributed by atoms with E-state index in [1.165, 1.54) is 51.7 Å². The molecule has 1 aliphatic rings. The summed E-state index contributed by atoms with van der Waals surface area (Å²) in [5, 5.41) is 0. The molecule has 96 valence electrons. The van der Waals surface area contributed by atoms with Gasteiger partial charge in [0.1, 0.15) is 0 Å². The first kappa shape index (κ1) is 13.9. The molecule has 0 radical (unpaired) electrons. The second kappa shape index (κ2) is 8.97. The van der Waals surface area contributed by atoms with Crippen molar-refractivity contribution in [3.63, 3.8) is 0 Å². The molecule has 0 aromatic heterocycles. The van der Waals surface area contributed by atoms with Crippen molar-refractivity contribution in [3.8, 4) is 0 Å². The van der Waals surface area contributed by atoms with E-state index in [4.69, 9.17) is 10.5 Å². The van der Waals surface area contributed by atoms with Crippen LogP contribution in [-0.2, 0) is 4.74 Å². The van der Waals surface area contributed by atoms with Crippen LogP contribution in [-0.4, -0.2) is 43.8 Å². The van der Waals surface area contributed by atoms with Crippen molar-refractivity contribution >= 4 is 0 Å². The average Bonchev–Trinajstić information content (AvgIpc) is 2.30. The van der Waals surface area contributed by atoms with E-state index in [0.717, 1.165) is 19.6 Å². The Bertz CT molecular complexity index is 156. The molecular weight excluding hydrogens is 200 g/mol. The molecule has 0 unspecified atom stereocenters. The monoisotopic (exact) mass is 228 g/mol. The van der Waals surface area contributed by atoms with E-state index in [9.17, 15) is 0 Å². The Balaban J connectivity index is 1.84. The van der Waals surface area contributed by atoms with E-state index < -0.39 is 0 Å². The number of rotatable bonds is 8. The lowest BCUT2D eigenvalue weighted by Crippen LogP contribution is -2.40. The number of hydrogen-bond donors (Lipinski definition) is 1. The van der Waals surface area contributed by atoms with Crippen LogP contribution >= 0.6 is 0 Å². The van der Waals surface area contributed by atoms with Crippen LogP contribution in [0.3, 0.4) is 0 Å². The van der Waals surface area contributed by atoms with Crippen LogP contribution in [0.4, 0.5) is 0 Å². The summed E-state index contributed by atoms with van der Waals surface area (Å²) >= 11 is 0. The van der Waals surface area contributed by atoms with Gasteiger partial charge >= 0.3 is 0 Å². The molecule has 3 nitrogen and oxygen atoms in total. The van der Waals surface area contributed by atoms with Gasteiger partial charge < -0.3 is 15.4 Å². The minimum Gasteiger partial charge on any atom is -0.381 e.